The summed E-state index contributed by atoms with van der Waals surface area (Å²) in [5.41, 5.74) is 4.30. The number of amides is 1. The number of nitrogens with one attached hydrogen (secondary N) is 1. The van der Waals surface area contributed by atoms with Gasteiger partial charge in [0, 0.05) is 23.8 Å². The van der Waals surface area contributed by atoms with E-state index in [1.165, 1.54) is 49.2 Å². The molecule has 1 unspecified atom stereocenters. The van der Waals surface area contributed by atoms with Crippen molar-refractivity contribution in [2.45, 2.75) is 51.6 Å². The molecular weight excluding hydrogens is 324 g/mol. The summed E-state index contributed by atoms with van der Waals surface area (Å²) in [4.78, 5) is 15.2. The molecule has 1 aliphatic heterocycles. The predicted octanol–water partition coefficient (Wildman–Crippen LogP) is 2.63. The summed E-state index contributed by atoms with van der Waals surface area (Å²) in [6.45, 7) is 5.73. The minimum Gasteiger partial charge on any atom is -0.351 e. The van der Waals surface area contributed by atoms with Crippen LogP contribution in [0.1, 0.15) is 53.5 Å². The van der Waals surface area contributed by atoms with Crippen LogP contribution < -0.4 is 5.32 Å². The molecule has 0 spiro atoms. The summed E-state index contributed by atoms with van der Waals surface area (Å²) in [7, 11) is 0. The number of nitrogens with zero attached hydrogens (tertiary/aromatic N) is 3. The fraction of sp³-hybridized carbons (Fsp3) is 0.524. The van der Waals surface area contributed by atoms with Crippen LogP contribution in [0.3, 0.4) is 0 Å². The van der Waals surface area contributed by atoms with Crippen LogP contribution in [0, 0.1) is 0 Å². The maximum absolute atomic E-state index is 12.6. The first-order valence-electron chi connectivity index (χ1n) is 9.91. The number of hydrogen-bond donors (Lipinski definition) is 1. The Morgan fingerprint density at radius 2 is 2.00 bits per heavy atom. The van der Waals surface area contributed by atoms with E-state index in [9.17, 15) is 4.79 Å². The van der Waals surface area contributed by atoms with Crippen molar-refractivity contribution in [2.75, 3.05) is 19.6 Å². The van der Waals surface area contributed by atoms with E-state index in [0.717, 1.165) is 19.4 Å². The monoisotopic (exact) mass is 352 g/mol. The Morgan fingerprint density at radius 1 is 1.23 bits per heavy atom. The molecule has 1 aromatic heterocycles. The van der Waals surface area contributed by atoms with E-state index in [1.807, 2.05) is 13.0 Å². The van der Waals surface area contributed by atoms with Crippen molar-refractivity contribution >= 4 is 5.91 Å². The molecule has 1 aliphatic carbocycles. The molecule has 0 radical (unpaired) electrons. The summed E-state index contributed by atoms with van der Waals surface area (Å²) in [5.74, 6) is -0.0300. The van der Waals surface area contributed by atoms with E-state index < -0.39 is 0 Å². The second-order valence-corrected chi connectivity index (χ2v) is 7.42. The number of rotatable bonds is 5. The summed E-state index contributed by atoms with van der Waals surface area (Å²) < 4.78 is 2.06. The standard InChI is InChI=1S/C21H28N4O/c1-2-22-21(26)20-18-14-17(24-12-6-7-13-24)10-11-19(18)25(23-20)15-16-8-4-3-5-9-16/h3-5,8-9,17H,2,6-7,10-15H2,1H3,(H,22,26). The SMILES string of the molecule is CCNC(=O)c1nn(Cc2ccccc2)c2c1CC(N1CCCC1)CC2. The molecule has 138 valence electrons. The normalized spacial score (nSPS) is 20.1. The average Bonchev–Trinajstić information content (AvgIpc) is 3.31. The van der Waals surface area contributed by atoms with Crippen LogP contribution in [0.25, 0.3) is 0 Å². The van der Waals surface area contributed by atoms with Crippen LogP contribution in [0.2, 0.25) is 0 Å². The van der Waals surface area contributed by atoms with Gasteiger partial charge in [0.2, 0.25) is 0 Å². The van der Waals surface area contributed by atoms with Crippen LogP contribution in [0.5, 0.6) is 0 Å². The molecule has 26 heavy (non-hydrogen) atoms. The second kappa shape index (κ2) is 7.62. The molecule has 4 rings (SSSR count). The van der Waals surface area contributed by atoms with Gasteiger partial charge in [0.25, 0.3) is 5.91 Å². The molecule has 1 amide bonds. The summed E-state index contributed by atoms with van der Waals surface area (Å²) in [6, 6.07) is 10.9. The molecule has 0 saturated carbocycles. The molecule has 2 aliphatic rings. The molecule has 1 atom stereocenters. The Labute approximate surface area is 155 Å². The summed E-state index contributed by atoms with van der Waals surface area (Å²) >= 11 is 0. The summed E-state index contributed by atoms with van der Waals surface area (Å²) in [5, 5.41) is 7.70. The van der Waals surface area contributed by atoms with Gasteiger partial charge in [0.05, 0.1) is 6.54 Å². The lowest BCUT2D eigenvalue weighted by atomic mass is 9.90. The van der Waals surface area contributed by atoms with Crippen LogP contribution in [0.4, 0.5) is 0 Å². The molecule has 5 nitrogen and oxygen atoms in total. The molecular formula is C21H28N4O. The first kappa shape index (κ1) is 17.3. The number of aromatic nitrogens is 2. The van der Waals surface area contributed by atoms with Gasteiger partial charge in [-0.15, -0.1) is 0 Å². The van der Waals surface area contributed by atoms with Gasteiger partial charge in [-0.1, -0.05) is 30.3 Å². The average molecular weight is 352 g/mol. The maximum atomic E-state index is 12.6. The highest BCUT2D eigenvalue weighted by molar-refractivity contribution is 5.94. The number of carbonyl (C=O) groups excluding carboxylic acids is 1. The molecule has 1 fully saturated rings. The first-order valence-corrected chi connectivity index (χ1v) is 9.91. The lowest BCUT2D eigenvalue weighted by Gasteiger charge is -2.31. The molecule has 5 heteroatoms. The van der Waals surface area contributed by atoms with Gasteiger partial charge < -0.3 is 10.2 Å². The largest absolute Gasteiger partial charge is 0.351 e. The third-order valence-electron chi connectivity index (χ3n) is 5.71. The van der Waals surface area contributed by atoms with E-state index in [2.05, 4.69) is 39.2 Å². The quantitative estimate of drug-likeness (QED) is 0.900. The van der Waals surface area contributed by atoms with Gasteiger partial charge in [-0.2, -0.15) is 5.10 Å². The smallest absolute Gasteiger partial charge is 0.272 e. The van der Waals surface area contributed by atoms with Crippen LogP contribution in [0.15, 0.2) is 30.3 Å². The molecule has 1 N–H and O–H groups in total. The van der Waals surface area contributed by atoms with Crippen LogP contribution >= 0.6 is 0 Å². The van der Waals surface area contributed by atoms with E-state index in [-0.39, 0.29) is 5.91 Å². The predicted molar refractivity (Wildman–Crippen MR) is 102 cm³/mol. The molecule has 1 saturated heterocycles. The summed E-state index contributed by atoms with van der Waals surface area (Å²) in [6.07, 6.45) is 5.74. The lowest BCUT2D eigenvalue weighted by molar-refractivity contribution is 0.0948. The van der Waals surface area contributed by atoms with Crippen molar-refractivity contribution < 1.29 is 4.79 Å². The minimum absolute atomic E-state index is 0.0300. The number of likely N-dealkylation sites (tertiary alicyclic amines) is 1. The van der Waals surface area contributed by atoms with Crippen molar-refractivity contribution in [3.05, 3.63) is 52.8 Å². The Kier molecular flexibility index (Phi) is 5.07. The van der Waals surface area contributed by atoms with Crippen molar-refractivity contribution in [3.8, 4) is 0 Å². The highest BCUT2D eigenvalue weighted by atomic mass is 16.1. The van der Waals surface area contributed by atoms with Gasteiger partial charge in [-0.25, -0.2) is 0 Å². The third-order valence-corrected chi connectivity index (χ3v) is 5.71. The van der Waals surface area contributed by atoms with E-state index in [1.54, 1.807) is 0 Å². The number of fused-ring (bicyclic) bond motifs is 1. The van der Waals surface area contributed by atoms with Gasteiger partial charge >= 0.3 is 0 Å². The molecule has 2 heterocycles. The molecule has 1 aromatic carbocycles. The molecule has 0 bridgehead atoms. The van der Waals surface area contributed by atoms with Gasteiger partial charge in [-0.05, 0) is 57.7 Å². The Bertz CT molecular complexity index is 762. The zero-order chi connectivity index (χ0) is 17.9. The van der Waals surface area contributed by atoms with E-state index in [4.69, 9.17) is 5.10 Å². The highest BCUT2D eigenvalue weighted by Gasteiger charge is 2.32. The van der Waals surface area contributed by atoms with Crippen molar-refractivity contribution in [2.24, 2.45) is 0 Å². The first-order chi connectivity index (χ1) is 12.8. The Morgan fingerprint density at radius 3 is 2.73 bits per heavy atom. The fourth-order valence-corrected chi connectivity index (χ4v) is 4.40. The van der Waals surface area contributed by atoms with E-state index in [0.29, 0.717) is 18.3 Å². The highest BCUT2D eigenvalue weighted by Crippen LogP contribution is 2.29. The van der Waals surface area contributed by atoms with Crippen LogP contribution in [-0.2, 0) is 19.4 Å². The second-order valence-electron chi connectivity index (χ2n) is 7.42. The van der Waals surface area contributed by atoms with E-state index >= 15 is 0 Å². The van der Waals surface area contributed by atoms with Crippen molar-refractivity contribution in [1.29, 1.82) is 0 Å². The number of benzene rings is 1. The zero-order valence-corrected chi connectivity index (χ0v) is 15.6. The number of hydrogen-bond acceptors (Lipinski definition) is 3. The van der Waals surface area contributed by atoms with Gasteiger partial charge in [0.1, 0.15) is 0 Å². The lowest BCUT2D eigenvalue weighted by Crippen LogP contribution is -2.38. The fourth-order valence-electron chi connectivity index (χ4n) is 4.40. The zero-order valence-electron chi connectivity index (χ0n) is 15.6. The Balaban J connectivity index is 1.64. The topological polar surface area (TPSA) is 50.2 Å². The molecule has 2 aromatic rings. The van der Waals surface area contributed by atoms with Crippen LogP contribution in [-0.4, -0.2) is 46.3 Å². The third kappa shape index (κ3) is 3.40. The Hall–Kier alpha value is -2.14. The minimum atomic E-state index is -0.0300. The maximum Gasteiger partial charge on any atom is 0.272 e. The van der Waals surface area contributed by atoms with Crippen molar-refractivity contribution in [3.63, 3.8) is 0 Å². The van der Waals surface area contributed by atoms with Gasteiger partial charge in [0.15, 0.2) is 5.69 Å². The van der Waals surface area contributed by atoms with Gasteiger partial charge in [-0.3, -0.25) is 9.48 Å². The number of carbonyl (C=O) groups is 1. The van der Waals surface area contributed by atoms with Crippen molar-refractivity contribution in [1.82, 2.24) is 20.0 Å².